The Bertz CT molecular complexity index is 225. The van der Waals surface area contributed by atoms with Crippen molar-refractivity contribution in [3.63, 3.8) is 0 Å². The monoisotopic (exact) mass is 269 g/mol. The standard InChI is InChI=1S/C16H31NO2/c1-18-11-12-19-10-4-7-15(13-17-16-8-9-16)14-5-2-3-6-14/h14-17H,2-13H2,1H3. The molecule has 0 aromatic heterocycles. The minimum Gasteiger partial charge on any atom is -0.382 e. The Labute approximate surface area is 118 Å². The summed E-state index contributed by atoms with van der Waals surface area (Å²) in [7, 11) is 1.73. The lowest BCUT2D eigenvalue weighted by Gasteiger charge is -2.24. The second kappa shape index (κ2) is 8.93. The summed E-state index contributed by atoms with van der Waals surface area (Å²) in [6, 6.07) is 0.849. The lowest BCUT2D eigenvalue weighted by atomic mass is 9.87. The zero-order chi connectivity index (χ0) is 13.3. The molecule has 0 saturated heterocycles. The van der Waals surface area contributed by atoms with Gasteiger partial charge in [0.05, 0.1) is 13.2 Å². The van der Waals surface area contributed by atoms with Crippen LogP contribution in [0.3, 0.4) is 0 Å². The first kappa shape index (κ1) is 15.3. The van der Waals surface area contributed by atoms with Gasteiger partial charge in [-0.25, -0.2) is 0 Å². The third kappa shape index (κ3) is 6.24. The summed E-state index contributed by atoms with van der Waals surface area (Å²) in [5.74, 6) is 1.86. The van der Waals surface area contributed by atoms with Crippen LogP contribution in [0.2, 0.25) is 0 Å². The molecule has 1 unspecified atom stereocenters. The highest BCUT2D eigenvalue weighted by atomic mass is 16.5. The molecule has 1 atom stereocenters. The number of nitrogens with one attached hydrogen (secondary N) is 1. The summed E-state index contributed by atoms with van der Waals surface area (Å²) in [4.78, 5) is 0. The Morgan fingerprint density at radius 2 is 1.84 bits per heavy atom. The van der Waals surface area contributed by atoms with Gasteiger partial charge in [-0.1, -0.05) is 25.7 Å². The van der Waals surface area contributed by atoms with Crippen LogP contribution < -0.4 is 5.32 Å². The van der Waals surface area contributed by atoms with Crippen molar-refractivity contribution < 1.29 is 9.47 Å². The molecule has 2 aliphatic rings. The summed E-state index contributed by atoms with van der Waals surface area (Å²) in [5, 5.41) is 3.73. The van der Waals surface area contributed by atoms with E-state index in [9.17, 15) is 0 Å². The molecule has 112 valence electrons. The molecule has 2 fully saturated rings. The zero-order valence-corrected chi connectivity index (χ0v) is 12.5. The largest absolute Gasteiger partial charge is 0.382 e. The minimum atomic E-state index is 0.718. The number of hydrogen-bond donors (Lipinski definition) is 1. The minimum absolute atomic E-state index is 0.718. The van der Waals surface area contributed by atoms with Crippen LogP contribution in [0.4, 0.5) is 0 Å². The van der Waals surface area contributed by atoms with Crippen molar-refractivity contribution in [2.45, 2.75) is 57.4 Å². The van der Waals surface area contributed by atoms with E-state index in [1.54, 1.807) is 7.11 Å². The van der Waals surface area contributed by atoms with E-state index >= 15 is 0 Å². The normalized spacial score (nSPS) is 21.9. The van der Waals surface area contributed by atoms with Crippen LogP contribution in [0.25, 0.3) is 0 Å². The smallest absolute Gasteiger partial charge is 0.0700 e. The molecule has 0 aromatic carbocycles. The van der Waals surface area contributed by atoms with Gasteiger partial charge < -0.3 is 14.8 Å². The molecule has 0 aliphatic heterocycles. The third-order valence-electron chi connectivity index (χ3n) is 4.61. The Hall–Kier alpha value is -0.120. The first-order valence-corrected chi connectivity index (χ1v) is 8.20. The molecular formula is C16H31NO2. The predicted octanol–water partition coefficient (Wildman–Crippen LogP) is 2.99. The SMILES string of the molecule is COCCOCCCC(CNC1CC1)C1CCCC1. The molecule has 0 radical (unpaired) electrons. The van der Waals surface area contributed by atoms with E-state index in [4.69, 9.17) is 9.47 Å². The van der Waals surface area contributed by atoms with Crippen LogP contribution in [0.1, 0.15) is 51.4 Å². The molecule has 3 heteroatoms. The van der Waals surface area contributed by atoms with Gasteiger partial charge in [-0.3, -0.25) is 0 Å². The Morgan fingerprint density at radius 3 is 2.53 bits per heavy atom. The molecule has 1 N–H and O–H groups in total. The van der Waals surface area contributed by atoms with E-state index < -0.39 is 0 Å². The molecule has 0 bridgehead atoms. The van der Waals surface area contributed by atoms with Gasteiger partial charge in [0.15, 0.2) is 0 Å². The molecule has 0 spiro atoms. The van der Waals surface area contributed by atoms with Crippen LogP contribution in [0.5, 0.6) is 0 Å². The molecule has 0 aromatic rings. The van der Waals surface area contributed by atoms with Crippen molar-refractivity contribution in [1.29, 1.82) is 0 Å². The van der Waals surface area contributed by atoms with Crippen molar-refractivity contribution in [2.75, 3.05) is 33.5 Å². The van der Waals surface area contributed by atoms with Gasteiger partial charge >= 0.3 is 0 Å². The second-order valence-corrected chi connectivity index (χ2v) is 6.23. The molecule has 2 rings (SSSR count). The van der Waals surface area contributed by atoms with E-state index in [2.05, 4.69) is 5.32 Å². The fourth-order valence-corrected chi connectivity index (χ4v) is 3.23. The summed E-state index contributed by atoms with van der Waals surface area (Å²) in [6.07, 6.45) is 11.2. The number of methoxy groups -OCH3 is 1. The molecule has 3 nitrogen and oxygen atoms in total. The van der Waals surface area contributed by atoms with Crippen molar-refractivity contribution in [2.24, 2.45) is 11.8 Å². The lowest BCUT2D eigenvalue weighted by Crippen LogP contribution is -2.29. The van der Waals surface area contributed by atoms with E-state index in [0.717, 1.165) is 37.7 Å². The highest BCUT2D eigenvalue weighted by Gasteiger charge is 2.27. The topological polar surface area (TPSA) is 30.5 Å². The molecule has 0 amide bonds. The van der Waals surface area contributed by atoms with Gasteiger partial charge in [0, 0.05) is 19.8 Å². The highest BCUT2D eigenvalue weighted by Crippen LogP contribution is 2.34. The molecule has 19 heavy (non-hydrogen) atoms. The maximum absolute atomic E-state index is 5.58. The van der Waals surface area contributed by atoms with E-state index in [0.29, 0.717) is 0 Å². The number of rotatable bonds is 11. The van der Waals surface area contributed by atoms with Gasteiger partial charge in [0.25, 0.3) is 0 Å². The Kier molecular flexibility index (Phi) is 7.18. The fourth-order valence-electron chi connectivity index (χ4n) is 3.23. The summed E-state index contributed by atoms with van der Waals surface area (Å²) in [5.41, 5.74) is 0. The summed E-state index contributed by atoms with van der Waals surface area (Å²) >= 11 is 0. The van der Waals surface area contributed by atoms with Gasteiger partial charge in [0.2, 0.25) is 0 Å². The maximum Gasteiger partial charge on any atom is 0.0700 e. The Balaban J connectivity index is 1.58. The predicted molar refractivity (Wildman–Crippen MR) is 78.4 cm³/mol. The van der Waals surface area contributed by atoms with E-state index in [1.807, 2.05) is 0 Å². The molecule has 2 aliphatic carbocycles. The summed E-state index contributed by atoms with van der Waals surface area (Å²) < 4.78 is 10.6. The van der Waals surface area contributed by atoms with E-state index in [-0.39, 0.29) is 0 Å². The van der Waals surface area contributed by atoms with Gasteiger partial charge in [-0.05, 0) is 44.1 Å². The molecule has 0 heterocycles. The molecule has 2 saturated carbocycles. The fraction of sp³-hybridized carbons (Fsp3) is 1.00. The van der Waals surface area contributed by atoms with E-state index in [1.165, 1.54) is 57.9 Å². The lowest BCUT2D eigenvalue weighted by molar-refractivity contribution is 0.0659. The zero-order valence-electron chi connectivity index (χ0n) is 12.5. The maximum atomic E-state index is 5.58. The first-order chi connectivity index (χ1) is 9.40. The van der Waals surface area contributed by atoms with Crippen LogP contribution in [0, 0.1) is 11.8 Å². The summed E-state index contributed by atoms with van der Waals surface area (Å²) in [6.45, 7) is 3.60. The van der Waals surface area contributed by atoms with Crippen LogP contribution in [-0.4, -0.2) is 39.5 Å². The van der Waals surface area contributed by atoms with Gasteiger partial charge in [0.1, 0.15) is 0 Å². The number of ether oxygens (including phenoxy) is 2. The average Bonchev–Trinajstić information content (AvgIpc) is 3.09. The highest BCUT2D eigenvalue weighted by molar-refractivity contribution is 4.84. The first-order valence-electron chi connectivity index (χ1n) is 8.20. The average molecular weight is 269 g/mol. The van der Waals surface area contributed by atoms with Crippen LogP contribution in [-0.2, 0) is 9.47 Å². The quantitative estimate of drug-likeness (QED) is 0.585. The third-order valence-corrected chi connectivity index (χ3v) is 4.61. The van der Waals surface area contributed by atoms with Gasteiger partial charge in [-0.2, -0.15) is 0 Å². The Morgan fingerprint density at radius 1 is 1.05 bits per heavy atom. The molecular weight excluding hydrogens is 238 g/mol. The van der Waals surface area contributed by atoms with Crippen molar-refractivity contribution in [1.82, 2.24) is 5.32 Å². The second-order valence-electron chi connectivity index (χ2n) is 6.23. The van der Waals surface area contributed by atoms with Crippen molar-refractivity contribution >= 4 is 0 Å². The van der Waals surface area contributed by atoms with Crippen molar-refractivity contribution in [3.8, 4) is 0 Å². The van der Waals surface area contributed by atoms with Crippen molar-refractivity contribution in [3.05, 3.63) is 0 Å². The van der Waals surface area contributed by atoms with Crippen LogP contribution in [0.15, 0.2) is 0 Å². The van der Waals surface area contributed by atoms with Gasteiger partial charge in [-0.15, -0.1) is 0 Å². The number of hydrogen-bond acceptors (Lipinski definition) is 3. The van der Waals surface area contributed by atoms with Crippen LogP contribution >= 0.6 is 0 Å².